The zero-order chi connectivity index (χ0) is 14.9. The number of aromatic carboxylic acids is 1. The number of carbonyl (C=O) groups excluding carboxylic acids is 1. The SMILES string of the molecule is O=C(O)c1ccc(Cl)c(NC(=O)c2cc(Cl)sc2Cl)c1. The Bertz CT molecular complexity index is 699. The van der Waals surface area contributed by atoms with Crippen LogP contribution in [0.5, 0.6) is 0 Å². The molecule has 2 rings (SSSR count). The van der Waals surface area contributed by atoms with Crippen molar-refractivity contribution in [1.29, 1.82) is 0 Å². The number of benzene rings is 1. The summed E-state index contributed by atoms with van der Waals surface area (Å²) in [6.07, 6.45) is 0. The molecular weight excluding hydrogens is 345 g/mol. The number of hydrogen-bond donors (Lipinski definition) is 2. The molecule has 0 aliphatic carbocycles. The van der Waals surface area contributed by atoms with E-state index in [-0.39, 0.29) is 26.2 Å². The van der Waals surface area contributed by atoms with Gasteiger partial charge in [0.2, 0.25) is 0 Å². The zero-order valence-corrected chi connectivity index (χ0v) is 12.7. The van der Waals surface area contributed by atoms with Gasteiger partial charge < -0.3 is 10.4 Å². The highest BCUT2D eigenvalue weighted by atomic mass is 35.5. The molecule has 8 heteroatoms. The van der Waals surface area contributed by atoms with Gasteiger partial charge in [0.15, 0.2) is 0 Å². The van der Waals surface area contributed by atoms with Crippen LogP contribution in [0, 0.1) is 0 Å². The Labute approximate surface area is 132 Å². The van der Waals surface area contributed by atoms with Crippen molar-refractivity contribution in [2.75, 3.05) is 5.32 Å². The molecule has 104 valence electrons. The van der Waals surface area contributed by atoms with Crippen LogP contribution >= 0.6 is 46.1 Å². The first-order chi connectivity index (χ1) is 9.38. The van der Waals surface area contributed by atoms with Gasteiger partial charge in [0.1, 0.15) is 4.34 Å². The molecular formula is C12H6Cl3NO3S. The number of carboxylic acid groups (broad SMARTS) is 1. The third-order valence-corrected chi connectivity index (χ3v) is 4.18. The summed E-state index contributed by atoms with van der Waals surface area (Å²) in [4.78, 5) is 22.9. The second-order valence-corrected chi connectivity index (χ2v) is 6.38. The van der Waals surface area contributed by atoms with Crippen LogP contribution in [0.25, 0.3) is 0 Å². The van der Waals surface area contributed by atoms with Gasteiger partial charge in [-0.2, -0.15) is 0 Å². The summed E-state index contributed by atoms with van der Waals surface area (Å²) >= 11 is 18.6. The topological polar surface area (TPSA) is 66.4 Å². The van der Waals surface area contributed by atoms with Crippen LogP contribution in [-0.2, 0) is 0 Å². The zero-order valence-electron chi connectivity index (χ0n) is 9.62. The molecule has 0 fully saturated rings. The van der Waals surface area contributed by atoms with Gasteiger partial charge in [0.05, 0.1) is 26.2 Å². The molecule has 2 aromatic rings. The number of thiophene rings is 1. The van der Waals surface area contributed by atoms with Gasteiger partial charge in [0.25, 0.3) is 5.91 Å². The van der Waals surface area contributed by atoms with E-state index in [4.69, 9.17) is 39.9 Å². The average molecular weight is 351 g/mol. The monoisotopic (exact) mass is 349 g/mol. The van der Waals surface area contributed by atoms with Crippen molar-refractivity contribution in [2.45, 2.75) is 0 Å². The van der Waals surface area contributed by atoms with Crippen LogP contribution in [0.2, 0.25) is 13.7 Å². The molecule has 0 atom stereocenters. The summed E-state index contributed by atoms with van der Waals surface area (Å²) in [6, 6.07) is 5.43. The predicted molar refractivity (Wildman–Crippen MR) is 80.7 cm³/mol. The van der Waals surface area contributed by atoms with Gasteiger partial charge in [-0.15, -0.1) is 11.3 Å². The number of amides is 1. The number of nitrogens with one attached hydrogen (secondary N) is 1. The highest BCUT2D eigenvalue weighted by molar-refractivity contribution is 7.20. The van der Waals surface area contributed by atoms with Crippen LogP contribution in [0.4, 0.5) is 5.69 Å². The molecule has 1 aromatic heterocycles. The molecule has 0 saturated carbocycles. The first kappa shape index (κ1) is 15.1. The minimum Gasteiger partial charge on any atom is -0.478 e. The molecule has 0 spiro atoms. The van der Waals surface area contributed by atoms with E-state index in [1.54, 1.807) is 0 Å². The van der Waals surface area contributed by atoms with E-state index in [9.17, 15) is 9.59 Å². The predicted octanol–water partition coefficient (Wildman–Crippen LogP) is 4.66. The summed E-state index contributed by atoms with van der Waals surface area (Å²) in [7, 11) is 0. The number of carboxylic acids is 1. The number of halogens is 3. The fourth-order valence-corrected chi connectivity index (χ4v) is 3.06. The average Bonchev–Trinajstić information content (AvgIpc) is 2.71. The standard InChI is InChI=1S/C12H6Cl3NO3S/c13-7-2-1-5(12(18)19)3-8(7)16-11(17)6-4-9(14)20-10(6)15/h1-4H,(H,16,17)(H,18,19). The maximum Gasteiger partial charge on any atom is 0.335 e. The lowest BCUT2D eigenvalue weighted by molar-refractivity contribution is 0.0696. The first-order valence-electron chi connectivity index (χ1n) is 5.17. The van der Waals surface area contributed by atoms with Gasteiger partial charge in [-0.1, -0.05) is 34.8 Å². The smallest absolute Gasteiger partial charge is 0.335 e. The van der Waals surface area contributed by atoms with Crippen LogP contribution in [-0.4, -0.2) is 17.0 Å². The van der Waals surface area contributed by atoms with E-state index < -0.39 is 11.9 Å². The molecule has 1 heterocycles. The normalized spacial score (nSPS) is 10.3. The van der Waals surface area contributed by atoms with Crippen molar-refractivity contribution >= 4 is 63.7 Å². The van der Waals surface area contributed by atoms with Crippen molar-refractivity contribution in [3.05, 3.63) is 49.1 Å². The number of anilines is 1. The Hall–Kier alpha value is -1.27. The Morgan fingerprint density at radius 3 is 2.40 bits per heavy atom. The molecule has 0 unspecified atom stereocenters. The second-order valence-electron chi connectivity index (χ2n) is 3.69. The number of carbonyl (C=O) groups is 2. The highest BCUT2D eigenvalue weighted by Crippen LogP contribution is 2.32. The van der Waals surface area contributed by atoms with Crippen LogP contribution in [0.15, 0.2) is 24.3 Å². The molecule has 20 heavy (non-hydrogen) atoms. The minimum atomic E-state index is -1.12. The lowest BCUT2D eigenvalue weighted by Gasteiger charge is -2.07. The molecule has 4 nitrogen and oxygen atoms in total. The summed E-state index contributed by atoms with van der Waals surface area (Å²) in [5.74, 6) is -1.63. The largest absolute Gasteiger partial charge is 0.478 e. The molecule has 0 aliphatic heterocycles. The van der Waals surface area contributed by atoms with Gasteiger partial charge in [0, 0.05) is 0 Å². The fourth-order valence-electron chi connectivity index (χ4n) is 1.44. The van der Waals surface area contributed by atoms with Gasteiger partial charge in [-0.25, -0.2) is 4.79 Å². The molecule has 0 bridgehead atoms. The Kier molecular flexibility index (Phi) is 4.55. The highest BCUT2D eigenvalue weighted by Gasteiger charge is 2.16. The fraction of sp³-hybridized carbons (Fsp3) is 0. The van der Waals surface area contributed by atoms with Gasteiger partial charge in [-0.05, 0) is 24.3 Å². The summed E-state index contributed by atoms with van der Waals surface area (Å²) in [5.41, 5.74) is 0.410. The lowest BCUT2D eigenvalue weighted by Crippen LogP contribution is -2.12. The van der Waals surface area contributed by atoms with Gasteiger partial charge in [-0.3, -0.25) is 4.79 Å². The van der Waals surface area contributed by atoms with Crippen molar-refractivity contribution in [1.82, 2.24) is 0 Å². The van der Waals surface area contributed by atoms with E-state index in [0.717, 1.165) is 11.3 Å². The second kappa shape index (κ2) is 6.01. The van der Waals surface area contributed by atoms with Crippen LogP contribution < -0.4 is 5.32 Å². The molecule has 0 radical (unpaired) electrons. The summed E-state index contributed by atoms with van der Waals surface area (Å²) in [6.45, 7) is 0. The van der Waals surface area contributed by atoms with Gasteiger partial charge >= 0.3 is 5.97 Å². The molecule has 0 saturated heterocycles. The number of hydrogen-bond acceptors (Lipinski definition) is 3. The molecule has 1 aromatic carbocycles. The third kappa shape index (κ3) is 3.24. The van der Waals surface area contributed by atoms with E-state index in [1.807, 2.05) is 0 Å². The van der Waals surface area contributed by atoms with E-state index in [0.29, 0.717) is 4.34 Å². The van der Waals surface area contributed by atoms with Crippen LogP contribution in [0.3, 0.4) is 0 Å². The lowest BCUT2D eigenvalue weighted by atomic mass is 10.2. The molecule has 1 amide bonds. The van der Waals surface area contributed by atoms with E-state index in [1.165, 1.54) is 24.3 Å². The quantitative estimate of drug-likeness (QED) is 0.846. The summed E-state index contributed by atoms with van der Waals surface area (Å²) < 4.78 is 0.628. The van der Waals surface area contributed by atoms with Crippen molar-refractivity contribution < 1.29 is 14.7 Å². The van der Waals surface area contributed by atoms with Crippen LogP contribution in [0.1, 0.15) is 20.7 Å². The molecule has 0 aliphatic rings. The first-order valence-corrected chi connectivity index (χ1v) is 7.12. The van der Waals surface area contributed by atoms with E-state index >= 15 is 0 Å². The van der Waals surface area contributed by atoms with Crippen molar-refractivity contribution in [2.24, 2.45) is 0 Å². The third-order valence-electron chi connectivity index (χ3n) is 2.36. The Balaban J connectivity index is 2.30. The minimum absolute atomic E-state index is 0.0131. The Morgan fingerprint density at radius 2 is 1.85 bits per heavy atom. The van der Waals surface area contributed by atoms with Crippen molar-refractivity contribution in [3.63, 3.8) is 0 Å². The maximum atomic E-state index is 12.0. The maximum absolute atomic E-state index is 12.0. The Morgan fingerprint density at radius 1 is 1.15 bits per heavy atom. The van der Waals surface area contributed by atoms with Crippen molar-refractivity contribution in [3.8, 4) is 0 Å². The summed E-state index contributed by atoms with van der Waals surface area (Å²) in [5, 5.41) is 11.6. The van der Waals surface area contributed by atoms with E-state index in [2.05, 4.69) is 5.32 Å². The molecule has 2 N–H and O–H groups in total. The number of rotatable bonds is 3.